The highest BCUT2D eigenvalue weighted by Crippen LogP contribution is 2.56. The molecule has 0 saturated heterocycles. The van der Waals surface area contributed by atoms with E-state index in [1.165, 1.54) is 26.4 Å². The Balaban J connectivity index is 1.63. The molecule has 1 aliphatic rings. The summed E-state index contributed by atoms with van der Waals surface area (Å²) < 4.78 is 84.8. The van der Waals surface area contributed by atoms with Crippen LogP contribution in [0.25, 0.3) is 0 Å². The van der Waals surface area contributed by atoms with E-state index < -0.39 is 53.6 Å². The lowest BCUT2D eigenvalue weighted by Crippen LogP contribution is -2.25. The van der Waals surface area contributed by atoms with Gasteiger partial charge in [0, 0.05) is 13.0 Å². The predicted molar refractivity (Wildman–Crippen MR) is 204 cm³/mol. The summed E-state index contributed by atoms with van der Waals surface area (Å²) in [5, 5.41) is 0. The van der Waals surface area contributed by atoms with Crippen molar-refractivity contribution in [2.45, 2.75) is 56.1 Å². The van der Waals surface area contributed by atoms with Gasteiger partial charge in [-0.25, -0.2) is 13.2 Å². The Hall–Kier alpha value is -4.94. The first-order valence-electron chi connectivity index (χ1n) is 17.8. The molecule has 1 saturated carbocycles. The van der Waals surface area contributed by atoms with Crippen LogP contribution in [0.4, 0.5) is 0 Å². The Morgan fingerprint density at radius 3 is 1.84 bits per heavy atom. The number of ether oxygens (including phenoxy) is 4. The highest BCUT2D eigenvalue weighted by molar-refractivity contribution is 7.95. The Morgan fingerprint density at radius 1 is 0.764 bits per heavy atom. The van der Waals surface area contributed by atoms with Crippen LogP contribution < -0.4 is 9.05 Å². The lowest BCUT2D eigenvalue weighted by Gasteiger charge is -2.28. The summed E-state index contributed by atoms with van der Waals surface area (Å²) in [5.74, 6) is -3.20. The molecule has 14 heteroatoms. The number of sulfone groups is 1. The van der Waals surface area contributed by atoms with E-state index in [1.54, 1.807) is 116 Å². The van der Waals surface area contributed by atoms with Gasteiger partial charge in [0.2, 0.25) is 9.84 Å². The average molecular weight is 793 g/mol. The zero-order valence-corrected chi connectivity index (χ0v) is 32.6. The molecule has 292 valence electrons. The molecule has 55 heavy (non-hydrogen) atoms. The normalized spacial score (nSPS) is 18.1. The third kappa shape index (κ3) is 11.3. The minimum atomic E-state index is -4.81. The number of hydrogen-bond donors (Lipinski definition) is 0. The highest BCUT2D eigenvalue weighted by Gasteiger charge is 2.48. The van der Waals surface area contributed by atoms with Crippen molar-refractivity contribution >= 4 is 29.6 Å². The molecule has 0 bridgehead atoms. The molecular formula is C41H45O12PS. The SMILES string of the molecule is COCO[C@@H]1CC(/C(OP(=O)(Oc2ccccc2)Oc2ccccc2)=C(\CCCC(C)OC(=O)c2ccccc2)S(=O)(=O)c2ccccc2)[C@@H](C(=O)OC)C1. The molecule has 4 aromatic carbocycles. The van der Waals surface area contributed by atoms with Gasteiger partial charge in [-0.3, -0.25) is 4.79 Å². The van der Waals surface area contributed by atoms with E-state index in [0.29, 0.717) is 5.56 Å². The lowest BCUT2D eigenvalue weighted by molar-refractivity contribution is -0.147. The van der Waals surface area contributed by atoms with Crippen molar-refractivity contribution in [3.05, 3.63) is 138 Å². The fourth-order valence-electron chi connectivity index (χ4n) is 6.28. The standard InChI is InChI=1S/C41H45O12PS/c1-30(50-40(42)31-18-8-4-9-19-31)17-16-26-38(55(45,46)35-24-14-7-15-25-35)39(36-27-34(49-29-47-2)28-37(36)41(43)48-3)53-54(44,51-32-20-10-5-11-21-32)52-33-22-12-6-13-23-33/h4-15,18-25,30,34,36-37H,16-17,26-29H2,1-3H3/b39-38-/t30?,34-,36?,37+/m1/s1. The summed E-state index contributed by atoms with van der Waals surface area (Å²) in [4.78, 5) is 25.9. The van der Waals surface area contributed by atoms with Gasteiger partial charge < -0.3 is 32.5 Å². The molecule has 0 N–H and O–H groups in total. The number of phosphoric ester groups is 1. The molecule has 0 amide bonds. The van der Waals surface area contributed by atoms with Gasteiger partial charge >= 0.3 is 19.8 Å². The minimum absolute atomic E-state index is 0.0581. The van der Waals surface area contributed by atoms with E-state index in [9.17, 15) is 18.0 Å². The minimum Gasteiger partial charge on any atom is -0.469 e. The number of hydrogen-bond acceptors (Lipinski definition) is 12. The fraction of sp³-hybridized carbons (Fsp3) is 0.317. The molecular weight excluding hydrogens is 747 g/mol. The summed E-state index contributed by atoms with van der Waals surface area (Å²) in [5.41, 5.74) is 0.380. The van der Waals surface area contributed by atoms with Crippen molar-refractivity contribution in [1.82, 2.24) is 0 Å². The summed E-state index contributed by atoms with van der Waals surface area (Å²) in [6, 6.07) is 32.6. The number of rotatable bonds is 19. The number of benzene rings is 4. The third-order valence-electron chi connectivity index (χ3n) is 8.90. The molecule has 4 atom stereocenters. The second-order valence-electron chi connectivity index (χ2n) is 12.8. The molecule has 1 fully saturated rings. The van der Waals surface area contributed by atoms with Gasteiger partial charge in [0.05, 0.1) is 40.6 Å². The van der Waals surface area contributed by atoms with E-state index >= 15 is 4.57 Å². The van der Waals surface area contributed by atoms with Crippen molar-refractivity contribution in [2.75, 3.05) is 21.0 Å². The molecule has 2 unspecified atom stereocenters. The quantitative estimate of drug-likeness (QED) is 0.0387. The fourth-order valence-corrected chi connectivity index (χ4v) is 9.37. The van der Waals surface area contributed by atoms with Crippen molar-refractivity contribution in [2.24, 2.45) is 11.8 Å². The van der Waals surface area contributed by atoms with Crippen LogP contribution in [0.15, 0.2) is 137 Å². The Bertz CT molecular complexity index is 1980. The van der Waals surface area contributed by atoms with E-state index in [4.69, 9.17) is 32.5 Å². The molecule has 5 rings (SSSR count). The van der Waals surface area contributed by atoms with Crippen LogP contribution >= 0.6 is 7.82 Å². The largest absolute Gasteiger partial charge is 0.646 e. The van der Waals surface area contributed by atoms with Crippen molar-refractivity contribution in [3.63, 3.8) is 0 Å². The third-order valence-corrected chi connectivity index (χ3v) is 12.1. The summed E-state index contributed by atoms with van der Waals surface area (Å²) in [6.07, 6.45) is -0.716. The molecule has 12 nitrogen and oxygen atoms in total. The monoisotopic (exact) mass is 792 g/mol. The number of carbonyl (C=O) groups excluding carboxylic acids is 2. The van der Waals surface area contributed by atoms with E-state index in [2.05, 4.69) is 0 Å². The van der Waals surface area contributed by atoms with Gasteiger partial charge in [-0.1, -0.05) is 72.8 Å². The van der Waals surface area contributed by atoms with Gasteiger partial charge in [0.25, 0.3) is 0 Å². The number of phosphoric acid groups is 1. The van der Waals surface area contributed by atoms with E-state index in [-0.39, 0.29) is 66.0 Å². The predicted octanol–water partition coefficient (Wildman–Crippen LogP) is 8.56. The van der Waals surface area contributed by atoms with Crippen LogP contribution in [-0.2, 0) is 42.7 Å². The molecule has 0 heterocycles. The second-order valence-corrected chi connectivity index (χ2v) is 16.2. The van der Waals surface area contributed by atoms with Gasteiger partial charge in [0.1, 0.15) is 24.1 Å². The summed E-state index contributed by atoms with van der Waals surface area (Å²) in [6.45, 7) is 1.62. The molecule has 0 aromatic heterocycles. The first kappa shape index (κ1) is 41.2. The topological polar surface area (TPSA) is 150 Å². The van der Waals surface area contributed by atoms with Gasteiger partial charge in [-0.05, 0) is 87.6 Å². The van der Waals surface area contributed by atoms with E-state index in [0.717, 1.165) is 0 Å². The number of allylic oxidation sites excluding steroid dienone is 2. The van der Waals surface area contributed by atoms with Crippen LogP contribution in [0, 0.1) is 11.8 Å². The first-order valence-corrected chi connectivity index (χ1v) is 20.7. The zero-order valence-electron chi connectivity index (χ0n) is 30.9. The van der Waals surface area contributed by atoms with Crippen LogP contribution in [0.3, 0.4) is 0 Å². The van der Waals surface area contributed by atoms with Crippen molar-refractivity contribution in [3.8, 4) is 11.5 Å². The van der Waals surface area contributed by atoms with Gasteiger partial charge in [0.15, 0.2) is 0 Å². The summed E-state index contributed by atoms with van der Waals surface area (Å²) >= 11 is 0. The zero-order chi connectivity index (χ0) is 39.3. The molecule has 0 aliphatic heterocycles. The van der Waals surface area contributed by atoms with Crippen molar-refractivity contribution < 1.29 is 55.1 Å². The maximum Gasteiger partial charge on any atom is 0.646 e. The smallest absolute Gasteiger partial charge is 0.469 e. The number of esters is 2. The first-order chi connectivity index (χ1) is 26.5. The Morgan fingerprint density at radius 2 is 1.29 bits per heavy atom. The summed E-state index contributed by atoms with van der Waals surface area (Å²) in [7, 11) is -6.53. The average Bonchev–Trinajstić information content (AvgIpc) is 3.63. The van der Waals surface area contributed by atoms with Crippen molar-refractivity contribution in [1.29, 1.82) is 0 Å². The Labute approximate surface area is 321 Å². The van der Waals surface area contributed by atoms with Crippen LogP contribution in [0.5, 0.6) is 11.5 Å². The number of carbonyl (C=O) groups is 2. The molecule has 0 radical (unpaired) electrons. The van der Waals surface area contributed by atoms with Gasteiger partial charge in [-0.15, -0.1) is 0 Å². The number of methoxy groups -OCH3 is 2. The van der Waals surface area contributed by atoms with Crippen LogP contribution in [-0.4, -0.2) is 53.6 Å². The van der Waals surface area contributed by atoms with Crippen LogP contribution in [0.1, 0.15) is 49.4 Å². The van der Waals surface area contributed by atoms with Crippen LogP contribution in [0.2, 0.25) is 0 Å². The molecule has 1 aliphatic carbocycles. The van der Waals surface area contributed by atoms with E-state index in [1.807, 2.05) is 0 Å². The number of para-hydroxylation sites is 2. The maximum absolute atomic E-state index is 15.0. The molecule has 0 spiro atoms. The van der Waals surface area contributed by atoms with Gasteiger partial charge in [-0.2, -0.15) is 4.57 Å². The molecule has 4 aromatic rings. The highest BCUT2D eigenvalue weighted by atomic mass is 32.2. The lowest BCUT2D eigenvalue weighted by atomic mass is 9.93. The maximum atomic E-state index is 15.0. The Kier molecular flexibility index (Phi) is 14.7. The second kappa shape index (κ2) is 19.6.